The van der Waals surface area contributed by atoms with Crippen molar-refractivity contribution in [2.24, 2.45) is 0 Å². The average Bonchev–Trinajstić information content (AvgIpc) is 3.70. The smallest absolute Gasteiger partial charge is 0.318 e. The monoisotopic (exact) mass is 448 g/mol. The zero-order valence-corrected chi connectivity index (χ0v) is 18.0. The standard InChI is InChI=1S/C22H21ClN8O/c23-16-12-2-1-7-25-19(12)29-17(16)14-13-8-30(21(32)28-11-3-4-11)9-22(5-6-22)31(13)20-15(14)18(24)26-10-27-20/h1-2,7,10-11H,3-6,8-9H2,(H,25,29)(H,28,32)(H2,24,26,27). The highest BCUT2D eigenvalue weighted by Crippen LogP contribution is 2.53. The molecule has 1 spiro atoms. The SMILES string of the molecule is Nc1ncnc2c1c(-c1[nH]c3ncccc3c1Cl)c1n2C2(CC2)CN(C(=O)NC2CC2)C1. The molecule has 4 aromatic rings. The van der Waals surface area contributed by atoms with Crippen LogP contribution in [0.25, 0.3) is 33.3 Å². The zero-order valence-electron chi connectivity index (χ0n) is 17.2. The number of fused-ring (bicyclic) bond motifs is 5. The number of aromatic amines is 1. The molecule has 0 unspecified atom stereocenters. The molecule has 0 atom stereocenters. The van der Waals surface area contributed by atoms with Gasteiger partial charge in [-0.05, 0) is 37.8 Å². The molecule has 9 nitrogen and oxygen atoms in total. The summed E-state index contributed by atoms with van der Waals surface area (Å²) in [5.41, 5.74) is 10.3. The minimum absolute atomic E-state index is 0.00954. The summed E-state index contributed by atoms with van der Waals surface area (Å²) in [6.07, 6.45) is 7.32. The number of amides is 2. The number of nitrogen functional groups attached to an aromatic ring is 1. The van der Waals surface area contributed by atoms with Crippen molar-refractivity contribution >= 4 is 45.5 Å². The molecule has 162 valence electrons. The number of hydrogen-bond donors (Lipinski definition) is 3. The molecule has 5 heterocycles. The summed E-state index contributed by atoms with van der Waals surface area (Å²) in [4.78, 5) is 31.7. The van der Waals surface area contributed by atoms with Crippen molar-refractivity contribution in [1.29, 1.82) is 0 Å². The van der Waals surface area contributed by atoms with Crippen LogP contribution in [-0.4, -0.2) is 48.0 Å². The molecule has 0 saturated heterocycles. The summed E-state index contributed by atoms with van der Waals surface area (Å²) in [5, 5.41) is 5.33. The molecule has 2 amide bonds. The van der Waals surface area contributed by atoms with Gasteiger partial charge in [0.05, 0.1) is 28.2 Å². The molecule has 32 heavy (non-hydrogen) atoms. The van der Waals surface area contributed by atoms with Crippen LogP contribution in [0.1, 0.15) is 31.4 Å². The highest BCUT2D eigenvalue weighted by atomic mass is 35.5. The number of H-pyrrole nitrogens is 1. The van der Waals surface area contributed by atoms with E-state index in [9.17, 15) is 4.79 Å². The molecular weight excluding hydrogens is 428 g/mol. The Labute approximate surface area is 188 Å². The predicted molar refractivity (Wildman–Crippen MR) is 121 cm³/mol. The van der Waals surface area contributed by atoms with Gasteiger partial charge >= 0.3 is 6.03 Å². The fourth-order valence-corrected chi connectivity index (χ4v) is 5.40. The molecule has 2 fully saturated rings. The van der Waals surface area contributed by atoms with Crippen LogP contribution in [0.5, 0.6) is 0 Å². The Hall–Kier alpha value is -3.33. The van der Waals surface area contributed by atoms with Crippen molar-refractivity contribution in [1.82, 2.24) is 34.7 Å². The van der Waals surface area contributed by atoms with Crippen LogP contribution in [0, 0.1) is 0 Å². The van der Waals surface area contributed by atoms with Crippen LogP contribution < -0.4 is 11.1 Å². The first kappa shape index (κ1) is 18.3. The van der Waals surface area contributed by atoms with Crippen LogP contribution in [-0.2, 0) is 12.1 Å². The average molecular weight is 449 g/mol. The number of urea groups is 1. The van der Waals surface area contributed by atoms with Crippen molar-refractivity contribution in [3.8, 4) is 11.3 Å². The van der Waals surface area contributed by atoms with Gasteiger partial charge in [-0.2, -0.15) is 0 Å². The lowest BCUT2D eigenvalue weighted by atomic mass is 10.1. The number of anilines is 1. The summed E-state index contributed by atoms with van der Waals surface area (Å²) in [6, 6.07) is 4.10. The molecule has 0 aromatic carbocycles. The van der Waals surface area contributed by atoms with Gasteiger partial charge in [0.2, 0.25) is 0 Å². The molecule has 1 aliphatic heterocycles. The lowest BCUT2D eigenvalue weighted by Crippen LogP contribution is -2.49. The number of rotatable bonds is 2. The second-order valence-corrected chi connectivity index (χ2v) is 9.51. The molecule has 2 saturated carbocycles. The Kier molecular flexibility index (Phi) is 3.50. The van der Waals surface area contributed by atoms with Gasteiger partial charge in [-0.1, -0.05) is 11.6 Å². The molecule has 7 rings (SSSR count). The summed E-state index contributed by atoms with van der Waals surface area (Å²) < 4.78 is 2.28. The Morgan fingerprint density at radius 1 is 1.28 bits per heavy atom. The number of carbonyl (C=O) groups excluding carboxylic acids is 1. The van der Waals surface area contributed by atoms with E-state index in [0.717, 1.165) is 59.1 Å². The van der Waals surface area contributed by atoms with Crippen LogP contribution >= 0.6 is 11.6 Å². The molecule has 10 heteroatoms. The van der Waals surface area contributed by atoms with E-state index in [4.69, 9.17) is 17.3 Å². The van der Waals surface area contributed by atoms with Crippen molar-refractivity contribution in [2.45, 2.75) is 43.8 Å². The van der Waals surface area contributed by atoms with Gasteiger partial charge in [0.15, 0.2) is 0 Å². The van der Waals surface area contributed by atoms with E-state index in [1.165, 1.54) is 6.33 Å². The minimum atomic E-state index is -0.164. The van der Waals surface area contributed by atoms with Gasteiger partial charge in [-0.15, -0.1) is 0 Å². The van der Waals surface area contributed by atoms with Gasteiger partial charge in [-0.25, -0.2) is 19.7 Å². The van der Waals surface area contributed by atoms with E-state index in [2.05, 4.69) is 29.8 Å². The number of pyridine rings is 1. The minimum Gasteiger partial charge on any atom is -0.383 e. The number of nitrogens with two attached hydrogens (primary N) is 1. The van der Waals surface area contributed by atoms with Crippen LogP contribution in [0.4, 0.5) is 10.6 Å². The van der Waals surface area contributed by atoms with Crippen molar-refractivity contribution in [3.63, 3.8) is 0 Å². The third kappa shape index (κ3) is 2.45. The Morgan fingerprint density at radius 2 is 2.12 bits per heavy atom. The highest BCUT2D eigenvalue weighted by Gasteiger charge is 2.52. The highest BCUT2D eigenvalue weighted by molar-refractivity contribution is 6.38. The topological polar surface area (TPSA) is 118 Å². The fraction of sp³-hybridized carbons (Fsp3) is 0.364. The van der Waals surface area contributed by atoms with Gasteiger partial charge in [0, 0.05) is 35.4 Å². The van der Waals surface area contributed by atoms with Crippen LogP contribution in [0.15, 0.2) is 24.7 Å². The fourth-order valence-electron chi connectivity index (χ4n) is 5.10. The molecule has 4 N–H and O–H groups in total. The Bertz CT molecular complexity index is 1430. The maximum Gasteiger partial charge on any atom is 0.318 e. The summed E-state index contributed by atoms with van der Waals surface area (Å²) in [7, 11) is 0. The van der Waals surface area contributed by atoms with Gasteiger partial charge < -0.3 is 25.5 Å². The summed E-state index contributed by atoms with van der Waals surface area (Å²) in [6.45, 7) is 1.11. The van der Waals surface area contributed by atoms with Gasteiger partial charge in [0.1, 0.15) is 23.4 Å². The van der Waals surface area contributed by atoms with E-state index in [1.807, 2.05) is 17.0 Å². The third-order valence-electron chi connectivity index (χ3n) is 6.95. The predicted octanol–water partition coefficient (Wildman–Crippen LogP) is 3.39. The zero-order chi connectivity index (χ0) is 21.6. The molecule has 3 aliphatic rings. The number of nitrogens with one attached hydrogen (secondary N) is 2. The van der Waals surface area contributed by atoms with Gasteiger partial charge in [0.25, 0.3) is 0 Å². The normalized spacial score (nSPS) is 19.0. The number of halogens is 1. The quantitative estimate of drug-likeness (QED) is 0.434. The lowest BCUT2D eigenvalue weighted by molar-refractivity contribution is 0.165. The van der Waals surface area contributed by atoms with Crippen LogP contribution in [0.3, 0.4) is 0 Å². The van der Waals surface area contributed by atoms with Crippen molar-refractivity contribution < 1.29 is 4.79 Å². The van der Waals surface area contributed by atoms with Crippen molar-refractivity contribution in [2.75, 3.05) is 12.3 Å². The number of nitrogens with zero attached hydrogens (tertiary/aromatic N) is 5. The van der Waals surface area contributed by atoms with E-state index >= 15 is 0 Å². The van der Waals surface area contributed by atoms with Crippen LogP contribution in [0.2, 0.25) is 5.02 Å². The maximum atomic E-state index is 13.0. The van der Waals surface area contributed by atoms with Gasteiger partial charge in [-0.3, -0.25) is 0 Å². The third-order valence-corrected chi connectivity index (χ3v) is 7.35. The number of carbonyl (C=O) groups is 1. The first-order valence-electron chi connectivity index (χ1n) is 10.9. The van der Waals surface area contributed by atoms with Crippen molar-refractivity contribution in [3.05, 3.63) is 35.4 Å². The summed E-state index contributed by atoms with van der Waals surface area (Å²) >= 11 is 6.85. The van der Waals surface area contributed by atoms with E-state index in [0.29, 0.717) is 35.6 Å². The molecule has 0 bridgehead atoms. The first-order chi connectivity index (χ1) is 15.6. The molecule has 2 aliphatic carbocycles. The van der Waals surface area contributed by atoms with E-state index < -0.39 is 0 Å². The molecule has 0 radical (unpaired) electrons. The molecular formula is C22H21ClN8O. The second kappa shape index (κ2) is 6.13. The summed E-state index contributed by atoms with van der Waals surface area (Å²) in [5.74, 6) is 0.402. The van der Waals surface area contributed by atoms with E-state index in [-0.39, 0.29) is 11.6 Å². The van der Waals surface area contributed by atoms with E-state index in [1.54, 1.807) is 6.20 Å². The Morgan fingerprint density at radius 3 is 2.88 bits per heavy atom. The lowest BCUT2D eigenvalue weighted by Gasteiger charge is -2.36. The largest absolute Gasteiger partial charge is 0.383 e. The second-order valence-electron chi connectivity index (χ2n) is 9.13. The first-order valence-corrected chi connectivity index (χ1v) is 11.3. The number of hydrogen-bond acceptors (Lipinski definition) is 5. The Balaban J connectivity index is 1.49. The number of aromatic nitrogens is 5. The molecule has 4 aromatic heterocycles. The maximum absolute atomic E-state index is 13.0.